The summed E-state index contributed by atoms with van der Waals surface area (Å²) in [7, 11) is 0. The van der Waals surface area contributed by atoms with Gasteiger partial charge in [-0.2, -0.15) is 0 Å². The number of pyridine rings is 3. The Kier molecular flexibility index (Phi) is 5.97. The number of aromatic nitrogens is 6. The Bertz CT molecular complexity index is 1640. The van der Waals surface area contributed by atoms with Gasteiger partial charge in [0, 0.05) is 47.0 Å². The van der Waals surface area contributed by atoms with Crippen LogP contribution in [0.5, 0.6) is 0 Å². The van der Waals surface area contributed by atoms with Crippen molar-refractivity contribution in [3.05, 3.63) is 95.5 Å². The van der Waals surface area contributed by atoms with Crippen molar-refractivity contribution in [2.24, 2.45) is 0 Å². The Morgan fingerprint density at radius 3 is 2.71 bits per heavy atom. The van der Waals surface area contributed by atoms with Gasteiger partial charge in [-0.15, -0.1) is 0 Å². The lowest BCUT2D eigenvalue weighted by molar-refractivity contribution is 0.0658. The average Bonchev–Trinajstić information content (AvgIpc) is 3.60. The van der Waals surface area contributed by atoms with Crippen LogP contribution in [0.2, 0.25) is 0 Å². The minimum Gasteiger partial charge on any atom is -0.383 e. The first-order valence-corrected chi connectivity index (χ1v) is 12.0. The first-order chi connectivity index (χ1) is 18.5. The number of rotatable bonds is 6. The van der Waals surface area contributed by atoms with Crippen LogP contribution in [-0.2, 0) is 24.5 Å². The Morgan fingerprint density at radius 1 is 1.13 bits per heavy atom. The van der Waals surface area contributed by atoms with E-state index in [1.807, 2.05) is 6.92 Å². The maximum Gasteiger partial charge on any atom is 0.271 e. The van der Waals surface area contributed by atoms with E-state index in [0.29, 0.717) is 52.9 Å². The second-order valence-corrected chi connectivity index (χ2v) is 9.00. The van der Waals surface area contributed by atoms with Crippen molar-refractivity contribution >= 4 is 22.8 Å². The van der Waals surface area contributed by atoms with Gasteiger partial charge in [-0.25, -0.2) is 19.3 Å². The van der Waals surface area contributed by atoms with Gasteiger partial charge in [-0.3, -0.25) is 14.8 Å². The summed E-state index contributed by atoms with van der Waals surface area (Å²) in [6, 6.07) is 8.08. The summed E-state index contributed by atoms with van der Waals surface area (Å²) >= 11 is 0. The standard InChI is InChI=1S/C27H23FN8O2/c1-15(26-31-6-2-7-32-26)36(12-17-4-3-16(10-33-17)18-5-8-30-11-21(18)28)27(37)23-9-22-24(34-23)19-13-38-14-20(19)25(29)35-22/h2-11,15,34H,12-14H2,1H3,(H2,29,35)/t15-/m1/s1. The highest BCUT2D eigenvalue weighted by Gasteiger charge is 2.28. The Hall–Kier alpha value is -4.77. The number of H-pyrrole nitrogens is 1. The number of carbonyl (C=O) groups excluding carboxylic acids is 1. The molecule has 5 aromatic rings. The van der Waals surface area contributed by atoms with Crippen LogP contribution >= 0.6 is 0 Å². The van der Waals surface area contributed by atoms with Gasteiger partial charge in [-0.1, -0.05) is 6.07 Å². The summed E-state index contributed by atoms with van der Waals surface area (Å²) in [5, 5.41) is 0. The number of hydrogen-bond acceptors (Lipinski definition) is 8. The monoisotopic (exact) mass is 510 g/mol. The number of anilines is 1. The number of hydrogen-bond donors (Lipinski definition) is 2. The van der Waals surface area contributed by atoms with Crippen molar-refractivity contribution in [1.29, 1.82) is 0 Å². The fraction of sp³-hybridized carbons (Fsp3) is 0.185. The summed E-state index contributed by atoms with van der Waals surface area (Å²) in [5.74, 6) is 0.184. The zero-order valence-corrected chi connectivity index (χ0v) is 20.4. The molecule has 0 saturated carbocycles. The number of aromatic amines is 1. The molecule has 1 atom stereocenters. The van der Waals surface area contributed by atoms with Gasteiger partial charge in [0.2, 0.25) is 0 Å². The average molecular weight is 511 g/mol. The number of nitrogens with one attached hydrogen (secondary N) is 1. The third-order valence-corrected chi connectivity index (χ3v) is 6.66. The van der Waals surface area contributed by atoms with Gasteiger partial charge in [0.05, 0.1) is 48.7 Å². The van der Waals surface area contributed by atoms with E-state index in [0.717, 1.165) is 22.8 Å². The fourth-order valence-corrected chi connectivity index (χ4v) is 4.62. The first kappa shape index (κ1) is 23.6. The smallest absolute Gasteiger partial charge is 0.271 e. The number of fused-ring (bicyclic) bond motifs is 3. The summed E-state index contributed by atoms with van der Waals surface area (Å²) in [6.07, 6.45) is 7.54. The van der Waals surface area contributed by atoms with Gasteiger partial charge in [0.25, 0.3) is 5.91 Å². The molecule has 0 aliphatic carbocycles. The minimum atomic E-state index is -0.471. The van der Waals surface area contributed by atoms with Crippen LogP contribution in [0.25, 0.3) is 22.2 Å². The molecule has 3 N–H and O–H groups in total. The molecule has 0 spiro atoms. The molecule has 0 saturated heterocycles. The SMILES string of the molecule is C[C@H](c1ncccn1)N(Cc1ccc(-c2ccncc2F)cn1)C(=O)c1cc2nc(N)c3c(c2[nH]1)COC3. The highest BCUT2D eigenvalue weighted by molar-refractivity contribution is 5.98. The lowest BCUT2D eigenvalue weighted by Crippen LogP contribution is -2.34. The van der Waals surface area contributed by atoms with Gasteiger partial charge in [0.15, 0.2) is 0 Å². The molecule has 6 heterocycles. The molecule has 0 aromatic carbocycles. The van der Waals surface area contributed by atoms with E-state index >= 15 is 0 Å². The molecule has 38 heavy (non-hydrogen) atoms. The minimum absolute atomic E-state index is 0.170. The van der Waals surface area contributed by atoms with Crippen LogP contribution in [0.4, 0.5) is 10.2 Å². The van der Waals surface area contributed by atoms with E-state index in [-0.39, 0.29) is 12.5 Å². The molecular formula is C27H23FN8O2. The summed E-state index contributed by atoms with van der Waals surface area (Å²) in [6.45, 7) is 2.83. The lowest BCUT2D eigenvalue weighted by atomic mass is 10.1. The molecule has 1 aliphatic heterocycles. The maximum absolute atomic E-state index is 14.2. The quantitative estimate of drug-likeness (QED) is 0.350. The zero-order valence-electron chi connectivity index (χ0n) is 20.4. The third-order valence-electron chi connectivity index (χ3n) is 6.66. The molecule has 1 aliphatic rings. The number of halogens is 1. The Morgan fingerprint density at radius 2 is 1.95 bits per heavy atom. The van der Waals surface area contributed by atoms with Gasteiger partial charge >= 0.3 is 0 Å². The van der Waals surface area contributed by atoms with E-state index in [9.17, 15) is 9.18 Å². The van der Waals surface area contributed by atoms with Crippen LogP contribution in [0.1, 0.15) is 46.1 Å². The van der Waals surface area contributed by atoms with E-state index in [1.54, 1.807) is 53.8 Å². The van der Waals surface area contributed by atoms with Gasteiger partial charge < -0.3 is 20.4 Å². The van der Waals surface area contributed by atoms with E-state index in [4.69, 9.17) is 10.5 Å². The van der Waals surface area contributed by atoms with Crippen molar-refractivity contribution < 1.29 is 13.9 Å². The molecule has 0 radical (unpaired) electrons. The second kappa shape index (κ2) is 9.60. The maximum atomic E-state index is 14.2. The molecule has 0 bridgehead atoms. The van der Waals surface area contributed by atoms with Crippen LogP contribution in [0.3, 0.4) is 0 Å². The Balaban J connectivity index is 1.35. The normalized spacial score (nSPS) is 13.4. The van der Waals surface area contributed by atoms with E-state index in [1.165, 1.54) is 6.20 Å². The first-order valence-electron chi connectivity index (χ1n) is 12.0. The molecule has 5 aromatic heterocycles. The third kappa shape index (κ3) is 4.22. The highest BCUT2D eigenvalue weighted by Crippen LogP contribution is 2.32. The second-order valence-electron chi connectivity index (χ2n) is 9.00. The molecule has 10 nitrogen and oxygen atoms in total. The number of nitrogens with two attached hydrogens (primary N) is 1. The van der Waals surface area contributed by atoms with Crippen molar-refractivity contribution in [3.8, 4) is 11.1 Å². The molecule has 1 amide bonds. The summed E-state index contributed by atoms with van der Waals surface area (Å²) in [4.78, 5) is 40.3. The van der Waals surface area contributed by atoms with Crippen LogP contribution in [0.15, 0.2) is 61.3 Å². The highest BCUT2D eigenvalue weighted by atomic mass is 19.1. The van der Waals surface area contributed by atoms with Crippen LogP contribution in [0, 0.1) is 5.82 Å². The fourth-order valence-electron chi connectivity index (χ4n) is 4.62. The molecule has 11 heteroatoms. The van der Waals surface area contributed by atoms with Crippen molar-refractivity contribution in [2.75, 3.05) is 5.73 Å². The number of nitrogen functional groups attached to an aromatic ring is 1. The zero-order chi connectivity index (χ0) is 26.2. The largest absolute Gasteiger partial charge is 0.383 e. The van der Waals surface area contributed by atoms with Crippen LogP contribution in [-0.4, -0.2) is 40.7 Å². The molecule has 0 fully saturated rings. The molecule has 6 rings (SSSR count). The van der Waals surface area contributed by atoms with Gasteiger partial charge in [0.1, 0.15) is 23.2 Å². The molecule has 190 valence electrons. The topological polar surface area (TPSA) is 136 Å². The van der Waals surface area contributed by atoms with Crippen molar-refractivity contribution in [2.45, 2.75) is 32.7 Å². The van der Waals surface area contributed by atoms with Crippen LogP contribution < -0.4 is 5.73 Å². The lowest BCUT2D eigenvalue weighted by Gasteiger charge is -2.27. The summed E-state index contributed by atoms with van der Waals surface area (Å²) in [5.41, 5.74) is 11.2. The van der Waals surface area contributed by atoms with Crippen molar-refractivity contribution in [1.82, 2.24) is 34.8 Å². The number of amides is 1. The van der Waals surface area contributed by atoms with Gasteiger partial charge in [-0.05, 0) is 31.2 Å². The van der Waals surface area contributed by atoms with Crippen molar-refractivity contribution in [3.63, 3.8) is 0 Å². The summed E-state index contributed by atoms with van der Waals surface area (Å²) < 4.78 is 19.7. The number of ether oxygens (including phenoxy) is 1. The molecular weight excluding hydrogens is 487 g/mol. The number of carbonyl (C=O) groups is 1. The van der Waals surface area contributed by atoms with E-state index < -0.39 is 11.9 Å². The predicted octanol–water partition coefficient (Wildman–Crippen LogP) is 3.97. The Labute approximate surface area is 216 Å². The van der Waals surface area contributed by atoms with E-state index in [2.05, 4.69) is 29.9 Å². The molecule has 0 unspecified atom stereocenters. The predicted molar refractivity (Wildman–Crippen MR) is 137 cm³/mol. The number of nitrogens with zero attached hydrogens (tertiary/aromatic N) is 6.